The molecule has 1 N–H and O–H groups in total. The number of nitrogens with zero attached hydrogens (tertiary/aromatic N) is 2. The fourth-order valence-corrected chi connectivity index (χ4v) is 3.89. The molecule has 0 aliphatic rings. The first-order valence-electron chi connectivity index (χ1n) is 10.1. The first kappa shape index (κ1) is 22.1. The lowest BCUT2D eigenvalue weighted by molar-refractivity contribution is -0.115. The van der Waals surface area contributed by atoms with Crippen molar-refractivity contribution < 1.29 is 9.53 Å². The lowest BCUT2D eigenvalue weighted by atomic mass is 10.2. The molecule has 1 amide bonds. The summed E-state index contributed by atoms with van der Waals surface area (Å²) in [6.45, 7) is 6.83. The van der Waals surface area contributed by atoms with Crippen molar-refractivity contribution >= 4 is 34.3 Å². The Kier molecular flexibility index (Phi) is 7.65. The Morgan fingerprint density at radius 3 is 2.53 bits per heavy atom. The number of para-hydroxylation sites is 2. The molecule has 0 unspecified atom stereocenters. The first-order valence-corrected chi connectivity index (χ1v) is 11.0. The van der Waals surface area contributed by atoms with E-state index in [0.717, 1.165) is 5.69 Å². The number of aromatic nitrogens is 2. The number of hydrogen-bond donors (Lipinski definition) is 1. The summed E-state index contributed by atoms with van der Waals surface area (Å²) in [6, 6.07) is 16.6. The van der Waals surface area contributed by atoms with E-state index in [9.17, 15) is 9.59 Å². The minimum Gasteiger partial charge on any atom is -0.379 e. The molecule has 30 heavy (non-hydrogen) atoms. The highest BCUT2D eigenvalue weighted by Gasteiger charge is 2.19. The molecule has 1 aromatic heterocycles. The molecule has 7 heteroatoms. The van der Waals surface area contributed by atoms with E-state index in [0.29, 0.717) is 35.6 Å². The van der Waals surface area contributed by atoms with Crippen molar-refractivity contribution in [2.75, 3.05) is 11.9 Å². The summed E-state index contributed by atoms with van der Waals surface area (Å²) in [5.41, 5.74) is 1.28. The minimum absolute atomic E-state index is 0.0942. The molecule has 0 spiro atoms. The van der Waals surface area contributed by atoms with E-state index in [4.69, 9.17) is 4.74 Å². The van der Waals surface area contributed by atoms with Crippen LogP contribution in [0.4, 0.5) is 5.69 Å². The minimum atomic E-state index is -0.420. The summed E-state index contributed by atoms with van der Waals surface area (Å²) in [4.78, 5) is 30.4. The predicted octanol–water partition coefficient (Wildman–Crippen LogP) is 4.33. The normalized spacial score (nSPS) is 12.3. The number of carbonyl (C=O) groups is 1. The zero-order valence-electron chi connectivity index (χ0n) is 17.5. The number of nitrogens with one attached hydrogen (secondary N) is 1. The number of ether oxygens (including phenoxy) is 1. The second-order valence-corrected chi connectivity index (χ2v) is 8.56. The predicted molar refractivity (Wildman–Crippen MR) is 122 cm³/mol. The summed E-state index contributed by atoms with van der Waals surface area (Å²) in [6.07, 6.45) is 0.836. The van der Waals surface area contributed by atoms with Crippen LogP contribution in [0.15, 0.2) is 64.5 Å². The van der Waals surface area contributed by atoms with Crippen LogP contribution in [0.2, 0.25) is 0 Å². The van der Waals surface area contributed by atoms with Gasteiger partial charge in [0.1, 0.15) is 0 Å². The maximum absolute atomic E-state index is 13.1. The molecule has 0 saturated carbocycles. The summed E-state index contributed by atoms with van der Waals surface area (Å²) in [5.74, 6) is -0.136. The molecule has 0 radical (unpaired) electrons. The molecule has 0 bridgehead atoms. The van der Waals surface area contributed by atoms with Gasteiger partial charge in [0.05, 0.1) is 22.3 Å². The molecule has 158 valence electrons. The molecular weight excluding hydrogens is 398 g/mol. The Bertz CT molecular complexity index is 1050. The van der Waals surface area contributed by atoms with Crippen molar-refractivity contribution in [2.24, 2.45) is 0 Å². The second kappa shape index (κ2) is 10.4. The molecule has 3 aromatic rings. The number of fused-ring (bicyclic) bond motifs is 1. The molecule has 2 aromatic carbocycles. The van der Waals surface area contributed by atoms with Crippen molar-refractivity contribution in [3.8, 4) is 0 Å². The molecule has 0 aliphatic heterocycles. The van der Waals surface area contributed by atoms with Crippen molar-refractivity contribution in [1.29, 1.82) is 0 Å². The van der Waals surface area contributed by atoms with E-state index in [1.807, 2.05) is 69.3 Å². The van der Waals surface area contributed by atoms with E-state index >= 15 is 0 Å². The van der Waals surface area contributed by atoms with E-state index < -0.39 is 5.25 Å². The Hall–Kier alpha value is -2.64. The van der Waals surface area contributed by atoms with Gasteiger partial charge in [-0.15, -0.1) is 0 Å². The van der Waals surface area contributed by atoms with E-state index in [1.54, 1.807) is 10.6 Å². The highest BCUT2D eigenvalue weighted by molar-refractivity contribution is 8.00. The van der Waals surface area contributed by atoms with Gasteiger partial charge in [-0.05, 0) is 51.5 Å². The molecule has 0 saturated heterocycles. The van der Waals surface area contributed by atoms with Crippen molar-refractivity contribution in [3.05, 3.63) is 65.0 Å². The van der Waals surface area contributed by atoms with Gasteiger partial charge < -0.3 is 10.1 Å². The van der Waals surface area contributed by atoms with E-state index in [1.165, 1.54) is 11.8 Å². The van der Waals surface area contributed by atoms with Gasteiger partial charge in [-0.25, -0.2) is 4.98 Å². The largest absolute Gasteiger partial charge is 0.379 e. The van der Waals surface area contributed by atoms with E-state index in [-0.39, 0.29) is 17.6 Å². The van der Waals surface area contributed by atoms with Crippen LogP contribution in [-0.2, 0) is 16.1 Å². The molecule has 3 rings (SSSR count). The standard InChI is InChI=1S/C23H27N3O3S/c1-16(2)29-15-9-14-26-22(28)19-12-7-8-13-20(19)25-23(26)30-17(3)21(27)24-18-10-5-4-6-11-18/h4-8,10-13,16-17H,9,14-15H2,1-3H3,(H,24,27)/t17-/m0/s1. The van der Waals surface area contributed by atoms with Crippen LogP contribution in [0.3, 0.4) is 0 Å². The van der Waals surface area contributed by atoms with Gasteiger partial charge in [-0.1, -0.05) is 42.1 Å². The van der Waals surface area contributed by atoms with Gasteiger partial charge in [-0.3, -0.25) is 14.2 Å². The first-order chi connectivity index (χ1) is 14.5. The average molecular weight is 426 g/mol. The fourth-order valence-electron chi connectivity index (χ4n) is 2.95. The van der Waals surface area contributed by atoms with Gasteiger partial charge in [0, 0.05) is 18.8 Å². The monoisotopic (exact) mass is 425 g/mol. The van der Waals surface area contributed by atoms with E-state index in [2.05, 4.69) is 10.3 Å². The third-order valence-electron chi connectivity index (χ3n) is 4.50. The lowest BCUT2D eigenvalue weighted by Crippen LogP contribution is -2.27. The van der Waals surface area contributed by atoms with Gasteiger partial charge >= 0.3 is 0 Å². The van der Waals surface area contributed by atoms with Crippen molar-refractivity contribution in [1.82, 2.24) is 9.55 Å². The van der Waals surface area contributed by atoms with Crippen molar-refractivity contribution in [3.63, 3.8) is 0 Å². The average Bonchev–Trinajstić information content (AvgIpc) is 2.73. The zero-order chi connectivity index (χ0) is 21.5. The molecular formula is C23H27N3O3S. The number of rotatable bonds is 9. The molecule has 0 fully saturated rings. The Balaban J connectivity index is 1.82. The summed E-state index contributed by atoms with van der Waals surface area (Å²) in [7, 11) is 0. The maximum Gasteiger partial charge on any atom is 0.262 e. The van der Waals surface area contributed by atoms with Crippen molar-refractivity contribution in [2.45, 2.75) is 50.2 Å². The number of benzene rings is 2. The fraction of sp³-hybridized carbons (Fsp3) is 0.348. The Morgan fingerprint density at radius 1 is 1.10 bits per heavy atom. The molecule has 6 nitrogen and oxygen atoms in total. The molecule has 1 heterocycles. The van der Waals surface area contributed by atoms with Crippen LogP contribution in [-0.4, -0.2) is 33.4 Å². The quantitative estimate of drug-likeness (QED) is 0.314. The van der Waals surface area contributed by atoms with Crippen LogP contribution >= 0.6 is 11.8 Å². The Morgan fingerprint density at radius 2 is 1.80 bits per heavy atom. The van der Waals surface area contributed by atoms with Crippen LogP contribution in [0.5, 0.6) is 0 Å². The number of amides is 1. The zero-order valence-corrected chi connectivity index (χ0v) is 18.3. The van der Waals surface area contributed by atoms with Gasteiger partial charge in [-0.2, -0.15) is 0 Å². The summed E-state index contributed by atoms with van der Waals surface area (Å²) in [5, 5.41) is 3.60. The Labute approximate surface area is 180 Å². The van der Waals surface area contributed by atoms with Gasteiger partial charge in [0.25, 0.3) is 5.56 Å². The molecule has 1 atom stereocenters. The summed E-state index contributed by atoms with van der Waals surface area (Å²) >= 11 is 1.29. The number of carbonyl (C=O) groups excluding carboxylic acids is 1. The number of thioether (sulfide) groups is 1. The molecule has 0 aliphatic carbocycles. The van der Waals surface area contributed by atoms with Gasteiger partial charge in [0.15, 0.2) is 5.16 Å². The second-order valence-electron chi connectivity index (χ2n) is 7.26. The smallest absolute Gasteiger partial charge is 0.262 e. The maximum atomic E-state index is 13.1. The van der Waals surface area contributed by atoms with Gasteiger partial charge in [0.2, 0.25) is 5.91 Å². The third-order valence-corrected chi connectivity index (χ3v) is 5.59. The SMILES string of the molecule is CC(C)OCCCn1c(S[C@@H](C)C(=O)Nc2ccccc2)nc2ccccc2c1=O. The number of anilines is 1. The highest BCUT2D eigenvalue weighted by atomic mass is 32.2. The third kappa shape index (κ3) is 5.70. The van der Waals surface area contributed by atoms with Crippen LogP contribution in [0, 0.1) is 0 Å². The lowest BCUT2D eigenvalue weighted by Gasteiger charge is -2.17. The topological polar surface area (TPSA) is 73.2 Å². The van der Waals surface area contributed by atoms with Crippen LogP contribution < -0.4 is 10.9 Å². The van der Waals surface area contributed by atoms with Crippen LogP contribution in [0.1, 0.15) is 27.2 Å². The highest BCUT2D eigenvalue weighted by Crippen LogP contribution is 2.24. The summed E-state index contributed by atoms with van der Waals surface area (Å²) < 4.78 is 7.27. The number of hydrogen-bond acceptors (Lipinski definition) is 5. The van der Waals surface area contributed by atoms with Crippen LogP contribution in [0.25, 0.3) is 10.9 Å².